The van der Waals surface area contributed by atoms with Gasteiger partial charge in [0.1, 0.15) is 5.75 Å². The molecule has 1 N–H and O–H groups in total. The van der Waals surface area contributed by atoms with E-state index in [9.17, 15) is 4.79 Å². The number of nitrogens with one attached hydrogen (secondary N) is 1. The van der Waals surface area contributed by atoms with Crippen molar-refractivity contribution in [3.05, 3.63) is 78.0 Å². The number of benzene rings is 3. The van der Waals surface area contributed by atoms with Crippen LogP contribution in [0.25, 0.3) is 21.7 Å². The molecule has 4 rings (SSSR count). The van der Waals surface area contributed by atoms with Gasteiger partial charge in [0.25, 0.3) is 5.91 Å². The van der Waals surface area contributed by atoms with E-state index in [2.05, 4.69) is 17.4 Å². The number of carbonyl (C=O) groups excluding carboxylic acids is 1. The second kappa shape index (κ2) is 6.48. The summed E-state index contributed by atoms with van der Waals surface area (Å²) in [5, 5.41) is 6.13. The van der Waals surface area contributed by atoms with E-state index < -0.39 is 0 Å². The number of pyridine rings is 1. The maximum atomic E-state index is 12.8. The van der Waals surface area contributed by atoms with E-state index in [4.69, 9.17) is 9.72 Å². The van der Waals surface area contributed by atoms with Crippen LogP contribution in [0.3, 0.4) is 0 Å². The number of aryl methyl sites for hydroxylation is 1. The van der Waals surface area contributed by atoms with Gasteiger partial charge < -0.3 is 10.1 Å². The maximum Gasteiger partial charge on any atom is 0.259 e. The highest BCUT2D eigenvalue weighted by molar-refractivity contribution is 6.14. The molecule has 128 valence electrons. The Morgan fingerprint density at radius 2 is 1.73 bits per heavy atom. The van der Waals surface area contributed by atoms with Gasteiger partial charge in [-0.05, 0) is 30.5 Å². The van der Waals surface area contributed by atoms with Crippen molar-refractivity contribution >= 4 is 33.3 Å². The topological polar surface area (TPSA) is 51.2 Å². The summed E-state index contributed by atoms with van der Waals surface area (Å²) in [6, 6.07) is 21.3. The molecule has 0 spiro atoms. The number of nitrogens with zero attached hydrogens (tertiary/aromatic N) is 1. The molecular formula is C22H18N2O2. The van der Waals surface area contributed by atoms with Crippen molar-refractivity contribution in [1.29, 1.82) is 0 Å². The molecule has 26 heavy (non-hydrogen) atoms. The molecular weight excluding hydrogens is 324 g/mol. The summed E-state index contributed by atoms with van der Waals surface area (Å²) in [5.74, 6) is 0.341. The molecule has 1 heterocycles. The molecule has 3 aromatic carbocycles. The first kappa shape index (κ1) is 16.1. The number of amides is 1. The first-order valence-electron chi connectivity index (χ1n) is 8.41. The molecule has 0 saturated heterocycles. The van der Waals surface area contributed by atoms with E-state index in [1.54, 1.807) is 19.2 Å². The van der Waals surface area contributed by atoms with Gasteiger partial charge in [-0.3, -0.25) is 9.78 Å². The second-order valence-corrected chi connectivity index (χ2v) is 6.15. The van der Waals surface area contributed by atoms with Gasteiger partial charge in [0.05, 0.1) is 23.9 Å². The number of aromatic nitrogens is 1. The Hall–Kier alpha value is -3.40. The molecule has 0 atom stereocenters. The summed E-state index contributed by atoms with van der Waals surface area (Å²) in [7, 11) is 1.56. The lowest BCUT2D eigenvalue weighted by atomic mass is 10.0. The Morgan fingerprint density at radius 3 is 2.58 bits per heavy atom. The molecule has 4 heteroatoms. The van der Waals surface area contributed by atoms with Crippen LogP contribution in [0.5, 0.6) is 5.75 Å². The van der Waals surface area contributed by atoms with E-state index in [1.807, 2.05) is 49.4 Å². The van der Waals surface area contributed by atoms with Crippen molar-refractivity contribution in [3.63, 3.8) is 0 Å². The highest BCUT2D eigenvalue weighted by Gasteiger charge is 2.14. The average molecular weight is 342 g/mol. The zero-order chi connectivity index (χ0) is 18.1. The van der Waals surface area contributed by atoms with Gasteiger partial charge in [-0.25, -0.2) is 0 Å². The number of hydrogen-bond donors (Lipinski definition) is 1. The number of carbonyl (C=O) groups is 1. The third kappa shape index (κ3) is 2.75. The van der Waals surface area contributed by atoms with Crippen LogP contribution in [-0.4, -0.2) is 18.0 Å². The van der Waals surface area contributed by atoms with Crippen molar-refractivity contribution in [2.24, 2.45) is 0 Å². The third-order valence-corrected chi connectivity index (χ3v) is 4.43. The first-order chi connectivity index (χ1) is 12.7. The standard InChI is InChI=1S/C22H18N2O2/c1-14-13-19(24-22(25)18-9-5-6-10-20(18)26-2)17-12-11-15-7-3-4-8-16(15)21(17)23-14/h3-13H,1-2H3,(H,23,24,25). The molecule has 1 aromatic heterocycles. The Morgan fingerprint density at radius 1 is 0.962 bits per heavy atom. The quantitative estimate of drug-likeness (QED) is 0.536. The largest absolute Gasteiger partial charge is 0.496 e. The van der Waals surface area contributed by atoms with E-state index >= 15 is 0 Å². The number of methoxy groups -OCH3 is 1. The van der Waals surface area contributed by atoms with E-state index in [0.717, 1.165) is 33.1 Å². The van der Waals surface area contributed by atoms with Crippen LogP contribution in [0.1, 0.15) is 16.1 Å². The summed E-state index contributed by atoms with van der Waals surface area (Å²) >= 11 is 0. The Kier molecular flexibility index (Phi) is 4.01. The number of ether oxygens (including phenoxy) is 1. The van der Waals surface area contributed by atoms with Gasteiger partial charge in [-0.15, -0.1) is 0 Å². The van der Waals surface area contributed by atoms with Gasteiger partial charge in [-0.2, -0.15) is 0 Å². The average Bonchev–Trinajstić information content (AvgIpc) is 2.67. The van der Waals surface area contributed by atoms with Crippen LogP contribution in [0.2, 0.25) is 0 Å². The molecule has 4 nitrogen and oxygen atoms in total. The number of hydrogen-bond acceptors (Lipinski definition) is 3. The Balaban J connectivity index is 1.84. The molecule has 0 bridgehead atoms. The number of anilines is 1. The van der Waals surface area contributed by atoms with Gasteiger partial charge in [0.15, 0.2) is 0 Å². The number of rotatable bonds is 3. The monoisotopic (exact) mass is 342 g/mol. The molecule has 0 aliphatic rings. The van der Waals surface area contributed by atoms with Crippen molar-refractivity contribution in [3.8, 4) is 5.75 Å². The van der Waals surface area contributed by atoms with Crippen molar-refractivity contribution in [2.45, 2.75) is 6.92 Å². The normalized spacial score (nSPS) is 10.8. The summed E-state index contributed by atoms with van der Waals surface area (Å²) in [6.45, 7) is 1.93. The molecule has 0 fully saturated rings. The fourth-order valence-electron chi connectivity index (χ4n) is 3.21. The molecule has 0 aliphatic carbocycles. The Bertz CT molecular complexity index is 1140. The Labute approximate surface area is 151 Å². The molecule has 0 unspecified atom stereocenters. The van der Waals surface area contributed by atoms with Gasteiger partial charge in [0.2, 0.25) is 0 Å². The van der Waals surface area contributed by atoms with E-state index in [1.165, 1.54) is 0 Å². The molecule has 0 aliphatic heterocycles. The van der Waals surface area contributed by atoms with Crippen molar-refractivity contribution < 1.29 is 9.53 Å². The minimum Gasteiger partial charge on any atom is -0.496 e. The van der Waals surface area contributed by atoms with Crippen LogP contribution in [-0.2, 0) is 0 Å². The fraction of sp³-hybridized carbons (Fsp3) is 0.0909. The SMILES string of the molecule is COc1ccccc1C(=O)Nc1cc(C)nc2c1ccc1ccccc12. The van der Waals surface area contributed by atoms with Gasteiger partial charge in [0, 0.05) is 16.5 Å². The number of para-hydroxylation sites is 1. The lowest BCUT2D eigenvalue weighted by molar-refractivity contribution is 0.102. The molecule has 1 amide bonds. The lowest BCUT2D eigenvalue weighted by Gasteiger charge is -2.13. The van der Waals surface area contributed by atoms with Crippen LogP contribution in [0.15, 0.2) is 66.7 Å². The van der Waals surface area contributed by atoms with Gasteiger partial charge in [-0.1, -0.05) is 48.5 Å². The number of fused-ring (bicyclic) bond motifs is 3. The van der Waals surface area contributed by atoms with Crippen molar-refractivity contribution in [1.82, 2.24) is 4.98 Å². The second-order valence-electron chi connectivity index (χ2n) is 6.15. The van der Waals surface area contributed by atoms with E-state index in [0.29, 0.717) is 11.3 Å². The highest BCUT2D eigenvalue weighted by atomic mass is 16.5. The van der Waals surface area contributed by atoms with Crippen LogP contribution in [0, 0.1) is 6.92 Å². The highest BCUT2D eigenvalue weighted by Crippen LogP contribution is 2.30. The van der Waals surface area contributed by atoms with E-state index in [-0.39, 0.29) is 5.91 Å². The molecule has 0 radical (unpaired) electrons. The zero-order valence-electron chi connectivity index (χ0n) is 14.6. The van der Waals surface area contributed by atoms with Gasteiger partial charge >= 0.3 is 0 Å². The minimum absolute atomic E-state index is 0.206. The van der Waals surface area contributed by atoms with Crippen LogP contribution in [0.4, 0.5) is 5.69 Å². The molecule has 4 aromatic rings. The third-order valence-electron chi connectivity index (χ3n) is 4.43. The fourth-order valence-corrected chi connectivity index (χ4v) is 3.21. The maximum absolute atomic E-state index is 12.8. The van der Waals surface area contributed by atoms with Crippen molar-refractivity contribution in [2.75, 3.05) is 12.4 Å². The predicted molar refractivity (Wildman–Crippen MR) is 105 cm³/mol. The smallest absolute Gasteiger partial charge is 0.259 e. The lowest BCUT2D eigenvalue weighted by Crippen LogP contribution is -2.13. The summed E-state index contributed by atoms with van der Waals surface area (Å²) in [5.41, 5.74) is 2.98. The summed E-state index contributed by atoms with van der Waals surface area (Å²) < 4.78 is 5.30. The molecule has 0 saturated carbocycles. The predicted octanol–water partition coefficient (Wildman–Crippen LogP) is 4.96. The summed E-state index contributed by atoms with van der Waals surface area (Å²) in [4.78, 5) is 17.5. The zero-order valence-corrected chi connectivity index (χ0v) is 14.6. The minimum atomic E-state index is -0.206. The first-order valence-corrected chi connectivity index (χ1v) is 8.41. The van der Waals surface area contributed by atoms with Crippen LogP contribution >= 0.6 is 0 Å². The van der Waals surface area contributed by atoms with Crippen LogP contribution < -0.4 is 10.1 Å². The summed E-state index contributed by atoms with van der Waals surface area (Å²) in [6.07, 6.45) is 0.